The van der Waals surface area contributed by atoms with Crippen LogP contribution in [0.25, 0.3) is 0 Å². The fourth-order valence-corrected chi connectivity index (χ4v) is 5.29. The smallest absolute Gasteiger partial charge is 0.245 e. The van der Waals surface area contributed by atoms with E-state index in [9.17, 15) is 13.2 Å². The summed E-state index contributed by atoms with van der Waals surface area (Å²) in [6, 6.07) is 6.88. The zero-order valence-electron chi connectivity index (χ0n) is 15.9. The van der Waals surface area contributed by atoms with E-state index in [1.807, 2.05) is 20.8 Å². The number of ether oxygens (including phenoxy) is 1. The summed E-state index contributed by atoms with van der Waals surface area (Å²) in [5, 5.41) is 2.85. The number of halogens is 1. The number of anilines is 2. The maximum atomic E-state index is 12.8. The predicted octanol–water partition coefficient (Wildman–Crippen LogP) is 2.12. The summed E-state index contributed by atoms with van der Waals surface area (Å²) >= 11 is 0. The predicted molar refractivity (Wildman–Crippen MR) is 109 cm³/mol. The molecule has 9 heteroatoms. The molecule has 152 valence electrons. The Morgan fingerprint density at radius 3 is 2.67 bits per heavy atom. The zero-order chi connectivity index (χ0) is 19.2. The summed E-state index contributed by atoms with van der Waals surface area (Å²) in [5.74, 6) is -0.123. The molecule has 0 bridgehead atoms. The van der Waals surface area contributed by atoms with Gasteiger partial charge in [0, 0.05) is 30.7 Å². The number of carbonyl (C=O) groups is 1. The van der Waals surface area contributed by atoms with Crippen LogP contribution in [0.5, 0.6) is 0 Å². The first-order valence-electron chi connectivity index (χ1n) is 8.94. The normalized spacial score (nSPS) is 28.1. The number of sulfonamides is 1. The summed E-state index contributed by atoms with van der Waals surface area (Å²) in [7, 11) is -3.26. The van der Waals surface area contributed by atoms with Crippen molar-refractivity contribution >= 4 is 39.7 Å². The van der Waals surface area contributed by atoms with Gasteiger partial charge in [0.15, 0.2) is 0 Å². The Morgan fingerprint density at radius 2 is 2.11 bits per heavy atom. The van der Waals surface area contributed by atoms with Gasteiger partial charge in [0.1, 0.15) is 5.54 Å². The molecule has 0 aromatic heterocycles. The van der Waals surface area contributed by atoms with Crippen molar-refractivity contribution in [3.63, 3.8) is 0 Å². The summed E-state index contributed by atoms with van der Waals surface area (Å²) in [6.45, 7) is 6.83. The molecular weight excluding hydrogens is 390 g/mol. The monoisotopic (exact) mass is 417 g/mol. The van der Waals surface area contributed by atoms with E-state index in [2.05, 4.69) is 5.32 Å². The molecule has 1 aromatic carbocycles. The summed E-state index contributed by atoms with van der Waals surface area (Å²) in [5.41, 5.74) is 5.99. The number of carbonyl (C=O) groups excluding carboxylic acids is 1. The van der Waals surface area contributed by atoms with Crippen LogP contribution >= 0.6 is 12.4 Å². The molecule has 1 aliphatic heterocycles. The summed E-state index contributed by atoms with van der Waals surface area (Å²) in [6.07, 6.45) is 1.02. The molecule has 2 fully saturated rings. The van der Waals surface area contributed by atoms with Crippen LogP contribution in [0.15, 0.2) is 24.3 Å². The largest absolute Gasteiger partial charge is 0.378 e. The van der Waals surface area contributed by atoms with E-state index in [1.54, 1.807) is 24.3 Å². The van der Waals surface area contributed by atoms with E-state index in [4.69, 9.17) is 10.5 Å². The Bertz CT molecular complexity index is 815. The molecule has 27 heavy (non-hydrogen) atoms. The van der Waals surface area contributed by atoms with Gasteiger partial charge in [0.2, 0.25) is 15.9 Å². The van der Waals surface area contributed by atoms with E-state index >= 15 is 0 Å². The summed E-state index contributed by atoms with van der Waals surface area (Å²) in [4.78, 5) is 12.8. The van der Waals surface area contributed by atoms with Crippen LogP contribution in [0.4, 0.5) is 11.4 Å². The Kier molecular flexibility index (Phi) is 6.16. The van der Waals surface area contributed by atoms with Crippen LogP contribution in [0.2, 0.25) is 0 Å². The highest BCUT2D eigenvalue weighted by molar-refractivity contribution is 7.93. The van der Waals surface area contributed by atoms with E-state index in [0.29, 0.717) is 37.4 Å². The van der Waals surface area contributed by atoms with Crippen molar-refractivity contribution in [2.45, 2.75) is 45.3 Å². The number of nitrogens with two attached hydrogens (primary N) is 1. The van der Waals surface area contributed by atoms with Gasteiger partial charge in [-0.15, -0.1) is 12.4 Å². The minimum atomic E-state index is -3.26. The van der Waals surface area contributed by atoms with Gasteiger partial charge in [0.05, 0.1) is 17.5 Å². The number of nitrogens with zero attached hydrogens (tertiary/aromatic N) is 1. The molecule has 1 saturated carbocycles. The molecule has 7 nitrogen and oxygen atoms in total. The molecule has 1 amide bonds. The molecule has 3 rings (SSSR count). The summed E-state index contributed by atoms with van der Waals surface area (Å²) < 4.78 is 31.2. The standard InChI is InChI=1S/C18H27N3O4S.ClH/c1-4-25-15-12-18(19,17(15,2)3)16(22)20-13-7-5-8-14(11-13)21-9-6-10-26(21,23)24;/h5,7-8,11,15H,4,6,9-10,12,19H2,1-3H3,(H,20,22);1H. The van der Waals surface area contributed by atoms with Gasteiger partial charge in [0.25, 0.3) is 0 Å². The van der Waals surface area contributed by atoms with Crippen molar-refractivity contribution in [1.29, 1.82) is 0 Å². The minimum absolute atomic E-state index is 0. The molecule has 1 aromatic rings. The van der Waals surface area contributed by atoms with Gasteiger partial charge in [-0.05, 0) is 31.5 Å². The average molecular weight is 418 g/mol. The lowest BCUT2D eigenvalue weighted by molar-refractivity contribution is -0.166. The van der Waals surface area contributed by atoms with Crippen molar-refractivity contribution in [2.75, 3.05) is 28.5 Å². The highest BCUT2D eigenvalue weighted by Gasteiger charge is 2.62. The van der Waals surface area contributed by atoms with Crippen molar-refractivity contribution in [2.24, 2.45) is 11.1 Å². The first-order valence-corrected chi connectivity index (χ1v) is 10.5. The lowest BCUT2D eigenvalue weighted by Gasteiger charge is -2.57. The maximum Gasteiger partial charge on any atom is 0.245 e. The SMILES string of the molecule is CCOC1CC(N)(C(=O)Nc2cccc(N3CCCS3(=O)=O)c2)C1(C)C.Cl. The highest BCUT2D eigenvalue weighted by Crippen LogP contribution is 2.50. The Hall–Kier alpha value is -1.35. The second-order valence-corrected chi connectivity index (χ2v) is 9.60. The number of hydrogen-bond acceptors (Lipinski definition) is 5. The Labute approximate surface area is 167 Å². The molecule has 0 radical (unpaired) electrons. The number of hydrogen-bond donors (Lipinski definition) is 2. The number of nitrogens with one attached hydrogen (secondary N) is 1. The van der Waals surface area contributed by atoms with Crippen LogP contribution in [-0.2, 0) is 19.6 Å². The van der Waals surface area contributed by atoms with Gasteiger partial charge >= 0.3 is 0 Å². The molecule has 2 unspecified atom stereocenters. The number of benzene rings is 1. The number of rotatable bonds is 5. The van der Waals surface area contributed by atoms with Gasteiger partial charge in [-0.25, -0.2) is 8.42 Å². The molecule has 1 heterocycles. The second-order valence-electron chi connectivity index (χ2n) is 7.59. The van der Waals surface area contributed by atoms with Crippen molar-refractivity contribution in [3.8, 4) is 0 Å². The van der Waals surface area contributed by atoms with Gasteiger partial charge < -0.3 is 15.8 Å². The van der Waals surface area contributed by atoms with Crippen molar-refractivity contribution in [3.05, 3.63) is 24.3 Å². The molecule has 3 N–H and O–H groups in total. The van der Waals surface area contributed by atoms with E-state index < -0.39 is 21.0 Å². The lowest BCUT2D eigenvalue weighted by atomic mass is 9.54. The van der Waals surface area contributed by atoms with Crippen molar-refractivity contribution < 1.29 is 17.9 Å². The molecule has 1 aliphatic carbocycles. The van der Waals surface area contributed by atoms with Crippen molar-refractivity contribution in [1.82, 2.24) is 0 Å². The lowest BCUT2D eigenvalue weighted by Crippen LogP contribution is -2.74. The highest BCUT2D eigenvalue weighted by atomic mass is 35.5. The van der Waals surface area contributed by atoms with E-state index in [-0.39, 0.29) is 30.2 Å². The molecule has 2 atom stereocenters. The first kappa shape index (κ1) is 21.9. The van der Waals surface area contributed by atoms with E-state index in [1.165, 1.54) is 4.31 Å². The second kappa shape index (κ2) is 7.58. The van der Waals surface area contributed by atoms with Crippen LogP contribution in [0.3, 0.4) is 0 Å². The van der Waals surface area contributed by atoms with Gasteiger partial charge in [-0.3, -0.25) is 9.10 Å². The van der Waals surface area contributed by atoms with Crippen LogP contribution < -0.4 is 15.4 Å². The third kappa shape index (κ3) is 3.68. The Morgan fingerprint density at radius 1 is 1.41 bits per heavy atom. The Balaban J connectivity index is 0.00000261. The van der Waals surface area contributed by atoms with Gasteiger partial charge in [-0.2, -0.15) is 0 Å². The fraction of sp³-hybridized carbons (Fsp3) is 0.611. The third-order valence-electron chi connectivity index (χ3n) is 5.73. The quantitative estimate of drug-likeness (QED) is 0.763. The molecular formula is C18H28ClN3O4S. The fourth-order valence-electron chi connectivity index (χ4n) is 3.73. The maximum absolute atomic E-state index is 12.8. The molecule has 2 aliphatic rings. The molecule has 0 spiro atoms. The van der Waals surface area contributed by atoms with Crippen LogP contribution in [0, 0.1) is 5.41 Å². The first-order chi connectivity index (χ1) is 12.1. The van der Waals surface area contributed by atoms with Crippen LogP contribution in [-0.4, -0.2) is 44.9 Å². The minimum Gasteiger partial charge on any atom is -0.378 e. The van der Waals surface area contributed by atoms with Crippen LogP contribution in [0.1, 0.15) is 33.6 Å². The number of amides is 1. The van der Waals surface area contributed by atoms with Gasteiger partial charge in [-0.1, -0.05) is 19.9 Å². The third-order valence-corrected chi connectivity index (χ3v) is 7.60. The average Bonchev–Trinajstić information content (AvgIpc) is 2.94. The van der Waals surface area contributed by atoms with E-state index in [0.717, 1.165) is 0 Å². The zero-order valence-corrected chi connectivity index (χ0v) is 17.5. The molecule has 1 saturated heterocycles. The topological polar surface area (TPSA) is 102 Å².